The molecule has 1 rings (SSSR count). The van der Waals surface area contributed by atoms with Gasteiger partial charge in [0.25, 0.3) is 0 Å². The molecule has 0 aromatic carbocycles. The lowest BCUT2D eigenvalue weighted by Crippen LogP contribution is -2.28. The Balaban J connectivity index is 3.22. The Morgan fingerprint density at radius 3 is 2.11 bits per heavy atom. The summed E-state index contributed by atoms with van der Waals surface area (Å²) in [5, 5.41) is 10.6. The Bertz CT molecular complexity index is 358. The van der Waals surface area contributed by atoms with Crippen LogP contribution >= 0.6 is 0 Å². The zero-order chi connectivity index (χ0) is 14.1. The predicted molar refractivity (Wildman–Crippen MR) is 79.7 cm³/mol. The van der Waals surface area contributed by atoms with E-state index < -0.39 is 0 Å². The van der Waals surface area contributed by atoms with E-state index in [2.05, 4.69) is 54.5 Å². The number of hydrogen-bond acceptors (Lipinski definition) is 1. The number of aliphatic hydroxyl groups excluding tert-OH is 1. The van der Waals surface area contributed by atoms with Gasteiger partial charge in [-0.1, -0.05) is 66.5 Å². The van der Waals surface area contributed by atoms with E-state index in [4.69, 9.17) is 0 Å². The van der Waals surface area contributed by atoms with E-state index in [-0.39, 0.29) is 16.7 Å². The fourth-order valence-electron chi connectivity index (χ4n) is 2.70. The molecule has 1 atom stereocenters. The molecule has 1 nitrogen and oxygen atoms in total. The molecule has 0 fully saturated rings. The minimum absolute atomic E-state index is 0.0208. The first-order chi connectivity index (χ1) is 8.07. The maximum Gasteiger partial charge on any atom is 0.0999 e. The second-order valence-corrected chi connectivity index (χ2v) is 7.72. The fourth-order valence-corrected chi connectivity index (χ4v) is 2.70. The Hall–Kier alpha value is -0.720. The van der Waals surface area contributed by atoms with Gasteiger partial charge in [-0.25, -0.2) is 0 Å². The molecule has 0 amide bonds. The van der Waals surface area contributed by atoms with Crippen LogP contribution in [-0.2, 0) is 0 Å². The molecule has 1 N–H and O–H groups in total. The van der Waals surface area contributed by atoms with E-state index in [0.717, 1.165) is 18.4 Å². The van der Waals surface area contributed by atoms with Crippen LogP contribution < -0.4 is 0 Å². The molecule has 0 radical (unpaired) electrons. The van der Waals surface area contributed by atoms with Gasteiger partial charge in [0.2, 0.25) is 0 Å². The summed E-state index contributed by atoms with van der Waals surface area (Å²) in [7, 11) is 0. The Morgan fingerprint density at radius 2 is 1.72 bits per heavy atom. The molecule has 104 valence electrons. The van der Waals surface area contributed by atoms with E-state index in [9.17, 15) is 5.11 Å². The monoisotopic (exact) mass is 250 g/mol. The van der Waals surface area contributed by atoms with Crippen LogP contribution in [0.15, 0.2) is 23.0 Å². The van der Waals surface area contributed by atoms with E-state index in [1.54, 1.807) is 0 Å². The van der Waals surface area contributed by atoms with Gasteiger partial charge in [-0.15, -0.1) is 0 Å². The lowest BCUT2D eigenvalue weighted by molar-refractivity contribution is 0.186. The molecule has 1 aliphatic carbocycles. The number of hydrogen-bond donors (Lipinski definition) is 1. The highest BCUT2D eigenvalue weighted by Crippen LogP contribution is 2.45. The number of rotatable bonds is 2. The van der Waals surface area contributed by atoms with Gasteiger partial charge in [0.05, 0.1) is 5.76 Å². The van der Waals surface area contributed by atoms with Crippen LogP contribution in [0, 0.1) is 16.7 Å². The molecule has 0 saturated carbocycles. The van der Waals surface area contributed by atoms with Gasteiger partial charge in [0, 0.05) is 5.92 Å². The molecule has 0 bridgehead atoms. The smallest absolute Gasteiger partial charge is 0.0999 e. The Morgan fingerprint density at radius 1 is 1.17 bits per heavy atom. The summed E-state index contributed by atoms with van der Waals surface area (Å²) < 4.78 is 0. The zero-order valence-electron chi connectivity index (χ0n) is 13.2. The Kier molecular flexibility index (Phi) is 4.35. The van der Waals surface area contributed by atoms with Crippen molar-refractivity contribution >= 4 is 0 Å². The van der Waals surface area contributed by atoms with E-state index >= 15 is 0 Å². The van der Waals surface area contributed by atoms with Gasteiger partial charge in [-0.05, 0) is 29.2 Å². The van der Waals surface area contributed by atoms with Gasteiger partial charge in [0.1, 0.15) is 0 Å². The summed E-state index contributed by atoms with van der Waals surface area (Å²) in [6.07, 6.45) is 5.60. The number of allylic oxidation sites excluding steroid dienone is 4. The van der Waals surface area contributed by atoms with Crippen LogP contribution in [0.4, 0.5) is 0 Å². The summed E-state index contributed by atoms with van der Waals surface area (Å²) in [4.78, 5) is 0. The lowest BCUT2D eigenvalue weighted by atomic mass is 9.68. The highest BCUT2D eigenvalue weighted by molar-refractivity contribution is 5.37. The summed E-state index contributed by atoms with van der Waals surface area (Å²) >= 11 is 0. The summed E-state index contributed by atoms with van der Waals surface area (Å²) in [6, 6.07) is 0. The third-order valence-electron chi connectivity index (χ3n) is 3.85. The van der Waals surface area contributed by atoms with Crippen molar-refractivity contribution in [1.29, 1.82) is 0 Å². The van der Waals surface area contributed by atoms with Crippen molar-refractivity contribution in [1.82, 2.24) is 0 Å². The van der Waals surface area contributed by atoms with E-state index in [0.29, 0.717) is 5.76 Å². The topological polar surface area (TPSA) is 20.2 Å². The second kappa shape index (κ2) is 5.11. The molecule has 18 heavy (non-hydrogen) atoms. The van der Waals surface area contributed by atoms with Gasteiger partial charge in [-0.2, -0.15) is 0 Å². The molecule has 1 aliphatic rings. The van der Waals surface area contributed by atoms with E-state index in [1.807, 2.05) is 0 Å². The number of aliphatic hydroxyl groups is 1. The summed E-state index contributed by atoms with van der Waals surface area (Å²) in [6.45, 7) is 15.5. The predicted octanol–water partition coefficient (Wildman–Crippen LogP) is 5.64. The van der Waals surface area contributed by atoms with Crippen molar-refractivity contribution in [2.45, 2.75) is 67.7 Å². The van der Waals surface area contributed by atoms with Crippen LogP contribution in [-0.4, -0.2) is 5.11 Å². The molecule has 1 heteroatoms. The molecule has 0 aromatic heterocycles. The van der Waals surface area contributed by atoms with Crippen molar-refractivity contribution in [3.63, 3.8) is 0 Å². The van der Waals surface area contributed by atoms with E-state index in [1.165, 1.54) is 12.0 Å². The van der Waals surface area contributed by atoms with Crippen molar-refractivity contribution in [3.05, 3.63) is 23.0 Å². The van der Waals surface area contributed by atoms with Crippen LogP contribution in [0.5, 0.6) is 0 Å². The maximum absolute atomic E-state index is 10.6. The highest BCUT2D eigenvalue weighted by atomic mass is 16.3. The fraction of sp³-hybridized carbons (Fsp3) is 0.765. The van der Waals surface area contributed by atoms with Gasteiger partial charge < -0.3 is 5.11 Å². The zero-order valence-corrected chi connectivity index (χ0v) is 13.2. The first kappa shape index (κ1) is 15.3. The van der Waals surface area contributed by atoms with Gasteiger partial charge >= 0.3 is 0 Å². The normalized spacial score (nSPS) is 22.2. The molecular weight excluding hydrogens is 220 g/mol. The molecule has 0 heterocycles. The van der Waals surface area contributed by atoms with Crippen molar-refractivity contribution in [2.75, 3.05) is 0 Å². The summed E-state index contributed by atoms with van der Waals surface area (Å²) in [5.74, 6) is 0.883. The molecule has 1 unspecified atom stereocenters. The first-order valence-electron chi connectivity index (χ1n) is 7.20. The first-order valence-corrected chi connectivity index (χ1v) is 7.20. The standard InChI is InChI=1S/C17H30O/c1-8-9-12-10-13(16(2,3)4)15(18)14(11-12)17(5,6)7/h10,14,18H,8-9,11H2,1-7H3. The Labute approximate surface area is 113 Å². The van der Waals surface area contributed by atoms with Crippen LogP contribution in [0.3, 0.4) is 0 Å². The third kappa shape index (κ3) is 3.40. The molecule has 0 aliphatic heterocycles. The molecular formula is C17H30O. The van der Waals surface area contributed by atoms with Crippen molar-refractivity contribution in [3.8, 4) is 0 Å². The van der Waals surface area contributed by atoms with Crippen LogP contribution in [0.25, 0.3) is 0 Å². The highest BCUT2D eigenvalue weighted by Gasteiger charge is 2.35. The largest absolute Gasteiger partial charge is 0.512 e. The summed E-state index contributed by atoms with van der Waals surface area (Å²) in [5.41, 5.74) is 2.78. The minimum Gasteiger partial charge on any atom is -0.512 e. The lowest BCUT2D eigenvalue weighted by Gasteiger charge is -2.37. The second-order valence-electron chi connectivity index (χ2n) is 7.72. The van der Waals surface area contributed by atoms with Crippen LogP contribution in [0.1, 0.15) is 67.7 Å². The third-order valence-corrected chi connectivity index (χ3v) is 3.85. The quantitative estimate of drug-likeness (QED) is 0.672. The van der Waals surface area contributed by atoms with Gasteiger partial charge in [-0.3, -0.25) is 0 Å². The molecule has 0 aromatic rings. The molecule has 0 spiro atoms. The average molecular weight is 250 g/mol. The molecule has 0 saturated heterocycles. The minimum atomic E-state index is 0.0208. The maximum atomic E-state index is 10.6. The van der Waals surface area contributed by atoms with Crippen LogP contribution in [0.2, 0.25) is 0 Å². The van der Waals surface area contributed by atoms with Crippen molar-refractivity contribution in [2.24, 2.45) is 16.7 Å². The van der Waals surface area contributed by atoms with Gasteiger partial charge in [0.15, 0.2) is 0 Å². The van der Waals surface area contributed by atoms with Crippen molar-refractivity contribution < 1.29 is 5.11 Å². The average Bonchev–Trinajstić information content (AvgIpc) is 2.17. The SMILES string of the molecule is CCCC1=CC(C(C)(C)C)=C(O)C(C(C)(C)C)C1.